The van der Waals surface area contributed by atoms with Crippen molar-refractivity contribution >= 4 is 28.9 Å². The maximum Gasteiger partial charge on any atom is 0.418 e. The topological polar surface area (TPSA) is 63.1 Å². The highest BCUT2D eigenvalue weighted by atomic mass is 35.5. The molecule has 3 aromatic rings. The number of hydrogen-bond donors (Lipinski definition) is 1. The highest BCUT2D eigenvalue weighted by Crippen LogP contribution is 2.34. The van der Waals surface area contributed by atoms with Gasteiger partial charge in [0.1, 0.15) is 0 Å². The van der Waals surface area contributed by atoms with Gasteiger partial charge in [0.25, 0.3) is 5.91 Å². The van der Waals surface area contributed by atoms with Crippen molar-refractivity contribution in [2.45, 2.75) is 6.18 Å². The molecule has 1 N–H and O–H groups in total. The lowest BCUT2D eigenvalue weighted by Crippen LogP contribution is -2.17. The quantitative estimate of drug-likeness (QED) is 0.699. The molecule has 0 aliphatic heterocycles. The molecule has 0 saturated heterocycles. The summed E-state index contributed by atoms with van der Waals surface area (Å²) in [5.74, 6) is -0.624. The first-order chi connectivity index (χ1) is 13.2. The number of carbonyl (C=O) groups excluding carboxylic acids is 1. The summed E-state index contributed by atoms with van der Waals surface area (Å²) in [4.78, 5) is 14.2. The van der Waals surface area contributed by atoms with Crippen LogP contribution < -0.4 is 10.2 Å². The lowest BCUT2D eigenvalue weighted by atomic mass is 10.1. The van der Waals surface area contributed by atoms with Gasteiger partial charge in [-0.2, -0.15) is 13.2 Å². The zero-order chi connectivity index (χ0) is 20.5. The zero-order valence-corrected chi connectivity index (χ0v) is 15.6. The van der Waals surface area contributed by atoms with Gasteiger partial charge in [-0.25, -0.2) is 4.68 Å². The van der Waals surface area contributed by atoms with Crippen LogP contribution in [0.4, 0.5) is 24.5 Å². The molecule has 146 valence electrons. The predicted octanol–water partition coefficient (Wildman–Crippen LogP) is 4.26. The fraction of sp³-hybridized carbons (Fsp3) is 0.167. The van der Waals surface area contributed by atoms with Crippen molar-refractivity contribution in [3.8, 4) is 5.69 Å². The molecule has 3 rings (SSSR count). The minimum atomic E-state index is -4.56. The molecule has 0 aliphatic rings. The number of halogens is 4. The van der Waals surface area contributed by atoms with E-state index in [1.54, 1.807) is 37.2 Å². The molecule has 2 aromatic carbocycles. The number of anilines is 2. The van der Waals surface area contributed by atoms with E-state index in [0.717, 1.165) is 16.9 Å². The Bertz CT molecular complexity index is 1020. The van der Waals surface area contributed by atoms with E-state index in [2.05, 4.69) is 15.6 Å². The maximum atomic E-state index is 13.2. The lowest BCUT2D eigenvalue weighted by molar-refractivity contribution is -0.137. The molecule has 1 aromatic heterocycles. The van der Waals surface area contributed by atoms with Gasteiger partial charge in [-0.3, -0.25) is 4.79 Å². The summed E-state index contributed by atoms with van der Waals surface area (Å²) in [5, 5.41) is 10.5. The van der Waals surface area contributed by atoms with Gasteiger partial charge in [0, 0.05) is 14.1 Å². The van der Waals surface area contributed by atoms with Crippen LogP contribution in [0.5, 0.6) is 0 Å². The molecule has 10 heteroatoms. The van der Waals surface area contributed by atoms with Crippen LogP contribution in [0.25, 0.3) is 5.69 Å². The van der Waals surface area contributed by atoms with Crippen LogP contribution >= 0.6 is 11.6 Å². The van der Waals surface area contributed by atoms with Crippen LogP contribution in [0.3, 0.4) is 0 Å². The number of rotatable bonds is 4. The Labute approximate surface area is 163 Å². The van der Waals surface area contributed by atoms with Gasteiger partial charge < -0.3 is 10.2 Å². The molecule has 0 bridgehead atoms. The SMILES string of the molecule is CN(C)c1c(Cl)cccc1NC(=O)c1cn(-c2ccccc2C(F)(F)F)nn1. The van der Waals surface area contributed by atoms with Gasteiger partial charge >= 0.3 is 6.18 Å². The summed E-state index contributed by atoms with van der Waals surface area (Å²) in [6, 6.07) is 9.91. The van der Waals surface area contributed by atoms with Crippen molar-refractivity contribution in [1.29, 1.82) is 0 Å². The van der Waals surface area contributed by atoms with Crippen molar-refractivity contribution in [2.75, 3.05) is 24.3 Å². The van der Waals surface area contributed by atoms with E-state index >= 15 is 0 Å². The van der Waals surface area contributed by atoms with Crippen LogP contribution in [0.1, 0.15) is 16.1 Å². The second-order valence-corrected chi connectivity index (χ2v) is 6.46. The third-order valence-corrected chi connectivity index (χ3v) is 4.17. The molecular formula is C18H15ClF3N5O. The van der Waals surface area contributed by atoms with E-state index in [1.165, 1.54) is 18.2 Å². The van der Waals surface area contributed by atoms with Crippen LogP contribution in [0, 0.1) is 0 Å². The highest BCUT2D eigenvalue weighted by molar-refractivity contribution is 6.34. The summed E-state index contributed by atoms with van der Waals surface area (Å²) in [7, 11) is 3.53. The monoisotopic (exact) mass is 409 g/mol. The Balaban J connectivity index is 1.90. The van der Waals surface area contributed by atoms with Crippen LogP contribution in [-0.2, 0) is 6.18 Å². The molecule has 0 aliphatic carbocycles. The van der Waals surface area contributed by atoms with Crippen LogP contribution in [0.15, 0.2) is 48.7 Å². The smallest absolute Gasteiger partial charge is 0.375 e. The Hall–Kier alpha value is -3.07. The molecule has 0 spiro atoms. The van der Waals surface area contributed by atoms with E-state index < -0.39 is 17.6 Å². The first-order valence-electron chi connectivity index (χ1n) is 8.04. The first kappa shape index (κ1) is 19.7. The Morgan fingerprint density at radius 2 is 1.86 bits per heavy atom. The van der Waals surface area contributed by atoms with E-state index in [0.29, 0.717) is 16.4 Å². The number of para-hydroxylation sites is 2. The van der Waals surface area contributed by atoms with Gasteiger partial charge in [0.15, 0.2) is 5.69 Å². The molecule has 0 radical (unpaired) electrons. The third kappa shape index (κ3) is 3.94. The molecule has 6 nitrogen and oxygen atoms in total. The molecule has 0 saturated carbocycles. The number of nitrogens with one attached hydrogen (secondary N) is 1. The average molecular weight is 410 g/mol. The summed E-state index contributed by atoms with van der Waals surface area (Å²) in [6.07, 6.45) is -3.42. The summed E-state index contributed by atoms with van der Waals surface area (Å²) in [5.41, 5.74) is -0.211. The summed E-state index contributed by atoms with van der Waals surface area (Å²) in [6.45, 7) is 0. The van der Waals surface area contributed by atoms with E-state index in [4.69, 9.17) is 11.6 Å². The number of alkyl halides is 3. The van der Waals surface area contributed by atoms with Gasteiger partial charge in [-0.15, -0.1) is 5.10 Å². The maximum absolute atomic E-state index is 13.2. The van der Waals surface area contributed by atoms with Crippen molar-refractivity contribution < 1.29 is 18.0 Å². The molecule has 1 amide bonds. The second-order valence-electron chi connectivity index (χ2n) is 6.05. The standard InChI is InChI=1S/C18H15ClF3N5O/c1-26(2)16-12(19)7-5-8-13(16)23-17(28)14-10-27(25-24-14)15-9-4-3-6-11(15)18(20,21)22/h3-10H,1-2H3,(H,23,28). The fourth-order valence-corrected chi connectivity index (χ4v) is 3.00. The Morgan fingerprint density at radius 3 is 2.54 bits per heavy atom. The normalized spacial score (nSPS) is 11.4. The van der Waals surface area contributed by atoms with E-state index in [-0.39, 0.29) is 11.4 Å². The van der Waals surface area contributed by atoms with Crippen LogP contribution in [-0.4, -0.2) is 35.0 Å². The molecular weight excluding hydrogens is 395 g/mol. The third-order valence-electron chi connectivity index (χ3n) is 3.86. The van der Waals surface area contributed by atoms with E-state index in [9.17, 15) is 18.0 Å². The van der Waals surface area contributed by atoms with Crippen molar-refractivity contribution in [1.82, 2.24) is 15.0 Å². The minimum absolute atomic E-state index is 0.137. The van der Waals surface area contributed by atoms with Gasteiger partial charge in [-0.1, -0.05) is 35.0 Å². The second kappa shape index (κ2) is 7.51. The number of carbonyl (C=O) groups is 1. The summed E-state index contributed by atoms with van der Waals surface area (Å²) >= 11 is 6.17. The zero-order valence-electron chi connectivity index (χ0n) is 14.8. The number of hydrogen-bond acceptors (Lipinski definition) is 4. The number of benzene rings is 2. The first-order valence-corrected chi connectivity index (χ1v) is 8.42. The fourth-order valence-electron chi connectivity index (χ4n) is 2.66. The largest absolute Gasteiger partial charge is 0.418 e. The Kier molecular flexibility index (Phi) is 5.28. The number of amides is 1. The average Bonchev–Trinajstić information content (AvgIpc) is 3.11. The predicted molar refractivity (Wildman–Crippen MR) is 100 cm³/mol. The lowest BCUT2D eigenvalue weighted by Gasteiger charge is -2.19. The summed E-state index contributed by atoms with van der Waals surface area (Å²) < 4.78 is 40.5. The van der Waals surface area contributed by atoms with Crippen LogP contribution in [0.2, 0.25) is 5.02 Å². The minimum Gasteiger partial charge on any atom is -0.375 e. The van der Waals surface area contributed by atoms with Gasteiger partial charge in [-0.05, 0) is 24.3 Å². The Morgan fingerprint density at radius 1 is 1.14 bits per heavy atom. The molecule has 0 fully saturated rings. The highest BCUT2D eigenvalue weighted by Gasteiger charge is 2.34. The number of nitrogens with zero attached hydrogens (tertiary/aromatic N) is 4. The van der Waals surface area contributed by atoms with E-state index in [1.807, 2.05) is 0 Å². The van der Waals surface area contributed by atoms with Gasteiger partial charge in [0.05, 0.1) is 33.8 Å². The van der Waals surface area contributed by atoms with Gasteiger partial charge in [0.2, 0.25) is 0 Å². The molecule has 0 atom stereocenters. The van der Waals surface area contributed by atoms with Crippen molar-refractivity contribution in [3.63, 3.8) is 0 Å². The molecule has 1 heterocycles. The van der Waals surface area contributed by atoms with Crippen molar-refractivity contribution in [2.24, 2.45) is 0 Å². The number of aromatic nitrogens is 3. The molecule has 28 heavy (non-hydrogen) atoms. The molecule has 0 unspecified atom stereocenters. The van der Waals surface area contributed by atoms with Crippen molar-refractivity contribution in [3.05, 3.63) is 64.9 Å².